The van der Waals surface area contributed by atoms with Crippen LogP contribution in [-0.4, -0.2) is 37.2 Å². The number of carbonyl (C=O) groups is 1. The predicted octanol–water partition coefficient (Wildman–Crippen LogP) is 0.661. The third kappa shape index (κ3) is 3.76. The Bertz CT molecular complexity index is 592. The first-order chi connectivity index (χ1) is 8.65. The number of carboxylic acid groups (broad SMARTS) is 1. The van der Waals surface area contributed by atoms with Crippen molar-refractivity contribution in [2.75, 3.05) is 6.54 Å². The number of aromatic carboxylic acids is 1. The Morgan fingerprint density at radius 2 is 1.95 bits per heavy atom. The Morgan fingerprint density at radius 3 is 2.42 bits per heavy atom. The van der Waals surface area contributed by atoms with Gasteiger partial charge in [-0.05, 0) is 44.0 Å². The molecule has 0 fully saturated rings. The second-order valence-corrected chi connectivity index (χ2v) is 6.16. The van der Waals surface area contributed by atoms with Gasteiger partial charge in [0, 0.05) is 6.54 Å². The Morgan fingerprint density at radius 1 is 1.37 bits per heavy atom. The SMILES string of the molecule is Cc1cc(C(=O)O)cc(S(=O)(=O)NCC(C)O)c1C. The molecular weight excluding hydrogens is 270 g/mol. The van der Waals surface area contributed by atoms with Crippen molar-refractivity contribution in [2.45, 2.75) is 31.8 Å². The van der Waals surface area contributed by atoms with Crippen molar-refractivity contribution in [1.82, 2.24) is 4.72 Å². The first-order valence-corrected chi connectivity index (χ1v) is 7.15. The molecule has 0 bridgehead atoms. The molecule has 3 N–H and O–H groups in total. The molecule has 106 valence electrons. The lowest BCUT2D eigenvalue weighted by atomic mass is 10.1. The number of carboxylic acids is 1. The molecule has 6 nitrogen and oxygen atoms in total. The van der Waals surface area contributed by atoms with E-state index in [4.69, 9.17) is 10.2 Å². The highest BCUT2D eigenvalue weighted by Crippen LogP contribution is 2.21. The van der Waals surface area contributed by atoms with Crippen molar-refractivity contribution in [2.24, 2.45) is 0 Å². The molecule has 19 heavy (non-hydrogen) atoms. The predicted molar refractivity (Wildman–Crippen MR) is 69.7 cm³/mol. The number of nitrogens with one attached hydrogen (secondary N) is 1. The zero-order valence-corrected chi connectivity index (χ0v) is 11.8. The van der Waals surface area contributed by atoms with Gasteiger partial charge >= 0.3 is 5.97 Å². The number of aryl methyl sites for hydroxylation is 1. The van der Waals surface area contributed by atoms with E-state index in [-0.39, 0.29) is 17.0 Å². The van der Waals surface area contributed by atoms with Crippen LogP contribution in [0.5, 0.6) is 0 Å². The van der Waals surface area contributed by atoms with Crippen molar-refractivity contribution < 1.29 is 23.4 Å². The summed E-state index contributed by atoms with van der Waals surface area (Å²) < 4.78 is 26.4. The number of aliphatic hydroxyl groups is 1. The minimum atomic E-state index is -3.84. The summed E-state index contributed by atoms with van der Waals surface area (Å²) in [6, 6.07) is 2.54. The fourth-order valence-electron chi connectivity index (χ4n) is 1.54. The highest BCUT2D eigenvalue weighted by atomic mass is 32.2. The molecule has 1 unspecified atom stereocenters. The third-order valence-corrected chi connectivity index (χ3v) is 4.27. The number of rotatable bonds is 5. The van der Waals surface area contributed by atoms with E-state index in [9.17, 15) is 13.2 Å². The van der Waals surface area contributed by atoms with Gasteiger partial charge in [-0.1, -0.05) is 0 Å². The fourth-order valence-corrected chi connectivity index (χ4v) is 3.00. The van der Waals surface area contributed by atoms with Gasteiger partial charge in [-0.2, -0.15) is 0 Å². The monoisotopic (exact) mass is 287 g/mol. The second kappa shape index (κ2) is 5.68. The highest BCUT2D eigenvalue weighted by molar-refractivity contribution is 7.89. The van der Waals surface area contributed by atoms with Gasteiger partial charge in [-0.15, -0.1) is 0 Å². The Labute approximate surface area is 112 Å². The summed E-state index contributed by atoms with van der Waals surface area (Å²) in [4.78, 5) is 10.9. The van der Waals surface area contributed by atoms with E-state index < -0.39 is 22.1 Å². The maximum Gasteiger partial charge on any atom is 0.335 e. The zero-order valence-electron chi connectivity index (χ0n) is 11.0. The van der Waals surface area contributed by atoms with E-state index in [1.54, 1.807) is 13.8 Å². The maximum atomic E-state index is 12.1. The second-order valence-electron chi connectivity index (χ2n) is 4.42. The molecule has 0 aliphatic rings. The lowest BCUT2D eigenvalue weighted by Gasteiger charge is -2.13. The lowest BCUT2D eigenvalue weighted by Crippen LogP contribution is -2.31. The number of aliphatic hydroxyl groups excluding tert-OH is 1. The quantitative estimate of drug-likeness (QED) is 0.738. The van der Waals surface area contributed by atoms with E-state index in [2.05, 4.69) is 4.72 Å². The highest BCUT2D eigenvalue weighted by Gasteiger charge is 2.20. The molecule has 1 rings (SSSR count). The maximum absolute atomic E-state index is 12.1. The molecule has 0 aromatic heterocycles. The number of sulfonamides is 1. The smallest absolute Gasteiger partial charge is 0.335 e. The molecule has 0 aliphatic heterocycles. The van der Waals surface area contributed by atoms with Crippen LogP contribution in [-0.2, 0) is 10.0 Å². The zero-order chi connectivity index (χ0) is 14.8. The van der Waals surface area contributed by atoms with Crippen LogP contribution in [0.3, 0.4) is 0 Å². The van der Waals surface area contributed by atoms with E-state index >= 15 is 0 Å². The standard InChI is InChI=1S/C12H17NO5S/c1-7-4-10(12(15)16)5-11(9(7)3)19(17,18)13-6-8(2)14/h4-5,8,13-14H,6H2,1-3H3,(H,15,16). The molecular formula is C12H17NO5S. The Balaban J connectivity index is 3.29. The first-order valence-electron chi connectivity index (χ1n) is 5.67. The summed E-state index contributed by atoms with van der Waals surface area (Å²) in [6.07, 6.45) is -0.821. The van der Waals surface area contributed by atoms with Crippen LogP contribution in [0.2, 0.25) is 0 Å². The van der Waals surface area contributed by atoms with Gasteiger partial charge in [0.15, 0.2) is 0 Å². The minimum absolute atomic E-state index is 0.0782. The van der Waals surface area contributed by atoms with Crippen molar-refractivity contribution in [3.63, 3.8) is 0 Å². The van der Waals surface area contributed by atoms with Gasteiger partial charge in [-0.3, -0.25) is 0 Å². The van der Waals surface area contributed by atoms with E-state index in [0.29, 0.717) is 11.1 Å². The molecule has 1 atom stereocenters. The summed E-state index contributed by atoms with van der Waals surface area (Å²) >= 11 is 0. The van der Waals surface area contributed by atoms with Gasteiger partial charge in [0.05, 0.1) is 16.6 Å². The molecule has 1 aromatic rings. The van der Waals surface area contributed by atoms with Gasteiger partial charge in [-0.25, -0.2) is 17.9 Å². The molecule has 7 heteroatoms. The van der Waals surface area contributed by atoms with Crippen LogP contribution < -0.4 is 4.72 Å². The summed E-state index contributed by atoms with van der Waals surface area (Å²) in [5.74, 6) is -1.19. The molecule has 0 spiro atoms. The van der Waals surface area contributed by atoms with Crippen molar-refractivity contribution in [3.05, 3.63) is 28.8 Å². The van der Waals surface area contributed by atoms with Gasteiger partial charge < -0.3 is 10.2 Å². The van der Waals surface area contributed by atoms with E-state index in [0.717, 1.165) is 6.07 Å². The fraction of sp³-hybridized carbons (Fsp3) is 0.417. The molecule has 0 saturated heterocycles. The van der Waals surface area contributed by atoms with Crippen LogP contribution in [0.1, 0.15) is 28.4 Å². The number of hydrogen-bond acceptors (Lipinski definition) is 4. The van der Waals surface area contributed by atoms with E-state index in [1.165, 1.54) is 13.0 Å². The molecule has 0 radical (unpaired) electrons. The van der Waals surface area contributed by atoms with E-state index in [1.807, 2.05) is 0 Å². The number of hydrogen-bond donors (Lipinski definition) is 3. The molecule has 0 aliphatic carbocycles. The Hall–Kier alpha value is -1.44. The number of benzene rings is 1. The molecule has 1 aromatic carbocycles. The molecule has 0 heterocycles. The average Bonchev–Trinajstić information content (AvgIpc) is 2.29. The van der Waals surface area contributed by atoms with Crippen LogP contribution >= 0.6 is 0 Å². The normalized spacial score (nSPS) is 13.3. The van der Waals surface area contributed by atoms with Gasteiger partial charge in [0.2, 0.25) is 10.0 Å². The topological polar surface area (TPSA) is 104 Å². The van der Waals surface area contributed by atoms with Crippen LogP contribution in [0.15, 0.2) is 17.0 Å². The summed E-state index contributed by atoms with van der Waals surface area (Å²) in [5, 5.41) is 18.1. The van der Waals surface area contributed by atoms with Crippen molar-refractivity contribution in [1.29, 1.82) is 0 Å². The summed E-state index contributed by atoms with van der Waals surface area (Å²) in [7, 11) is -3.84. The third-order valence-electron chi connectivity index (χ3n) is 2.72. The van der Waals surface area contributed by atoms with Crippen LogP contribution in [0.25, 0.3) is 0 Å². The minimum Gasteiger partial charge on any atom is -0.478 e. The van der Waals surface area contributed by atoms with Gasteiger partial charge in [0.25, 0.3) is 0 Å². The van der Waals surface area contributed by atoms with Crippen LogP contribution in [0.4, 0.5) is 0 Å². The van der Waals surface area contributed by atoms with Gasteiger partial charge in [0.1, 0.15) is 0 Å². The Kier molecular flexibility index (Phi) is 4.67. The largest absolute Gasteiger partial charge is 0.478 e. The first kappa shape index (κ1) is 15.6. The molecule has 0 saturated carbocycles. The lowest BCUT2D eigenvalue weighted by molar-refractivity contribution is 0.0696. The van der Waals surface area contributed by atoms with Crippen molar-refractivity contribution in [3.8, 4) is 0 Å². The summed E-state index contributed by atoms with van der Waals surface area (Å²) in [5.41, 5.74) is 0.987. The van der Waals surface area contributed by atoms with Crippen molar-refractivity contribution >= 4 is 16.0 Å². The summed E-state index contributed by atoms with van der Waals surface area (Å²) in [6.45, 7) is 4.58. The average molecular weight is 287 g/mol. The molecule has 0 amide bonds. The van der Waals surface area contributed by atoms with Crippen LogP contribution in [0, 0.1) is 13.8 Å².